The molecule has 1 heterocycles. The largest absolute Gasteiger partial charge is 0.264 e. The van der Waals surface area contributed by atoms with E-state index in [9.17, 15) is 4.39 Å². The summed E-state index contributed by atoms with van der Waals surface area (Å²) in [6.07, 6.45) is 2.75. The lowest BCUT2D eigenvalue weighted by Crippen LogP contribution is -2.21. The van der Waals surface area contributed by atoms with Gasteiger partial charge >= 0.3 is 0 Å². The smallest absolute Gasteiger partial charge is 0.106 e. The Morgan fingerprint density at radius 1 is 1.67 bits per heavy atom. The van der Waals surface area contributed by atoms with Crippen LogP contribution in [0.25, 0.3) is 0 Å². The molecular formula is C8H11ClFN2. The molecule has 0 aliphatic rings. The summed E-state index contributed by atoms with van der Waals surface area (Å²) in [6.45, 7) is 3.04. The fraction of sp³-hybridized carbons (Fsp3) is 0.625. The van der Waals surface area contributed by atoms with Crippen molar-refractivity contribution in [3.63, 3.8) is 0 Å². The number of hydrogen-bond acceptors (Lipinski definition) is 1. The van der Waals surface area contributed by atoms with Crippen LogP contribution in [0.2, 0.25) is 5.02 Å². The van der Waals surface area contributed by atoms with Gasteiger partial charge in [0.1, 0.15) is 12.9 Å². The standard InChI is InChI=1S/C8H11ClFN2/c1-8(2,5-10)7-6(9)4-12(3)11-7/h5H2,1-3H3. The Morgan fingerprint density at radius 3 is 2.58 bits per heavy atom. The predicted octanol–water partition coefficient (Wildman–Crippen LogP) is 2.12. The molecule has 1 aromatic rings. The molecule has 0 saturated heterocycles. The number of halogens is 2. The second kappa shape index (κ2) is 3.05. The molecule has 0 amide bonds. The van der Waals surface area contributed by atoms with E-state index in [4.69, 9.17) is 11.6 Å². The summed E-state index contributed by atoms with van der Waals surface area (Å²) in [6, 6.07) is 0. The van der Waals surface area contributed by atoms with E-state index < -0.39 is 12.1 Å². The minimum absolute atomic E-state index is 0.403. The van der Waals surface area contributed by atoms with Gasteiger partial charge in [0.2, 0.25) is 0 Å². The summed E-state index contributed by atoms with van der Waals surface area (Å²) in [5.74, 6) is 0. The van der Waals surface area contributed by atoms with Gasteiger partial charge in [-0.3, -0.25) is 9.07 Å². The van der Waals surface area contributed by atoms with E-state index in [2.05, 4.69) is 11.3 Å². The molecule has 0 aromatic carbocycles. The van der Waals surface area contributed by atoms with Crippen LogP contribution < -0.4 is 0 Å². The summed E-state index contributed by atoms with van der Waals surface area (Å²) in [4.78, 5) is 0. The van der Waals surface area contributed by atoms with Crippen molar-refractivity contribution < 1.29 is 4.39 Å². The first kappa shape index (κ1) is 9.52. The van der Waals surface area contributed by atoms with Crippen LogP contribution in [0.3, 0.4) is 0 Å². The molecule has 1 aromatic heterocycles. The van der Waals surface area contributed by atoms with E-state index in [1.807, 2.05) is 0 Å². The lowest BCUT2D eigenvalue weighted by molar-refractivity contribution is 0.342. The van der Waals surface area contributed by atoms with Crippen LogP contribution in [0, 0.1) is 6.20 Å². The van der Waals surface area contributed by atoms with Crippen molar-refractivity contribution in [2.75, 3.05) is 6.67 Å². The molecule has 4 heteroatoms. The van der Waals surface area contributed by atoms with Crippen molar-refractivity contribution in [1.82, 2.24) is 9.78 Å². The zero-order chi connectivity index (χ0) is 9.35. The quantitative estimate of drug-likeness (QED) is 0.697. The van der Waals surface area contributed by atoms with Crippen LogP contribution >= 0.6 is 11.6 Å². The number of nitrogens with zero attached hydrogens (tertiary/aromatic N) is 2. The van der Waals surface area contributed by atoms with Crippen molar-refractivity contribution in [2.24, 2.45) is 7.05 Å². The second-order valence-corrected chi connectivity index (χ2v) is 3.79. The number of aromatic nitrogens is 2. The molecule has 67 valence electrons. The number of hydrogen-bond donors (Lipinski definition) is 0. The van der Waals surface area contributed by atoms with Gasteiger partial charge in [-0.2, -0.15) is 5.10 Å². The summed E-state index contributed by atoms with van der Waals surface area (Å²) < 4.78 is 14.0. The SMILES string of the molecule is Cn1[c]c(Cl)c(C(C)(C)CF)n1. The van der Waals surface area contributed by atoms with Crippen LogP contribution in [0.15, 0.2) is 0 Å². The molecule has 0 fully saturated rings. The fourth-order valence-corrected chi connectivity index (χ4v) is 1.33. The van der Waals surface area contributed by atoms with E-state index in [1.54, 1.807) is 20.9 Å². The normalized spacial score (nSPS) is 12.1. The first-order valence-electron chi connectivity index (χ1n) is 3.65. The Balaban J connectivity index is 3.09. The van der Waals surface area contributed by atoms with Gasteiger partial charge in [-0.05, 0) is 0 Å². The molecule has 2 nitrogen and oxygen atoms in total. The van der Waals surface area contributed by atoms with Gasteiger partial charge in [0.05, 0.1) is 10.7 Å². The monoisotopic (exact) mass is 189 g/mol. The summed E-state index contributed by atoms with van der Waals surface area (Å²) >= 11 is 5.80. The van der Waals surface area contributed by atoms with Gasteiger partial charge in [-0.1, -0.05) is 25.4 Å². The number of rotatable bonds is 2. The van der Waals surface area contributed by atoms with Crippen LogP contribution in [-0.4, -0.2) is 16.5 Å². The van der Waals surface area contributed by atoms with Crippen LogP contribution in [0.5, 0.6) is 0 Å². The Labute approximate surface area is 76.3 Å². The van der Waals surface area contributed by atoms with E-state index in [-0.39, 0.29) is 0 Å². The van der Waals surface area contributed by atoms with E-state index in [1.165, 1.54) is 4.68 Å². The molecular weight excluding hydrogens is 179 g/mol. The molecule has 0 spiro atoms. The third kappa shape index (κ3) is 1.61. The second-order valence-electron chi connectivity index (χ2n) is 3.42. The zero-order valence-corrected chi connectivity index (χ0v) is 8.11. The highest BCUT2D eigenvalue weighted by Crippen LogP contribution is 2.27. The van der Waals surface area contributed by atoms with Crippen LogP contribution in [0.4, 0.5) is 4.39 Å². The topological polar surface area (TPSA) is 17.8 Å². The Hall–Kier alpha value is -0.570. The average molecular weight is 190 g/mol. The maximum Gasteiger partial charge on any atom is 0.106 e. The Kier molecular flexibility index (Phi) is 2.42. The molecule has 0 N–H and O–H groups in total. The van der Waals surface area contributed by atoms with E-state index in [0.717, 1.165) is 0 Å². The van der Waals surface area contributed by atoms with Gasteiger partial charge in [-0.15, -0.1) is 0 Å². The van der Waals surface area contributed by atoms with Gasteiger partial charge < -0.3 is 0 Å². The van der Waals surface area contributed by atoms with Crippen molar-refractivity contribution >= 4 is 11.6 Å². The Bertz CT molecular complexity index is 281. The lowest BCUT2D eigenvalue weighted by atomic mass is 9.91. The van der Waals surface area contributed by atoms with Crippen molar-refractivity contribution in [1.29, 1.82) is 0 Å². The minimum Gasteiger partial charge on any atom is -0.264 e. The lowest BCUT2D eigenvalue weighted by Gasteiger charge is -2.17. The molecule has 1 rings (SSSR count). The predicted molar refractivity (Wildman–Crippen MR) is 46.1 cm³/mol. The molecule has 0 aliphatic heterocycles. The first-order valence-corrected chi connectivity index (χ1v) is 4.03. The first-order chi connectivity index (χ1) is 5.47. The van der Waals surface area contributed by atoms with Crippen molar-refractivity contribution in [3.05, 3.63) is 16.9 Å². The van der Waals surface area contributed by atoms with Crippen LogP contribution in [0.1, 0.15) is 19.5 Å². The fourth-order valence-electron chi connectivity index (χ4n) is 0.910. The highest BCUT2D eigenvalue weighted by Gasteiger charge is 2.26. The highest BCUT2D eigenvalue weighted by atomic mass is 35.5. The molecule has 0 aliphatic carbocycles. The Morgan fingerprint density at radius 2 is 2.25 bits per heavy atom. The summed E-state index contributed by atoms with van der Waals surface area (Å²) in [5, 5.41) is 4.44. The van der Waals surface area contributed by atoms with Gasteiger partial charge in [0.25, 0.3) is 0 Å². The maximum absolute atomic E-state index is 12.5. The van der Waals surface area contributed by atoms with Crippen LogP contribution in [-0.2, 0) is 12.5 Å². The molecule has 0 bridgehead atoms. The molecule has 0 unspecified atom stereocenters. The molecule has 12 heavy (non-hydrogen) atoms. The summed E-state index contributed by atoms with van der Waals surface area (Å²) in [5.41, 5.74) is -0.0522. The van der Waals surface area contributed by atoms with Gasteiger partial charge in [-0.25, -0.2) is 0 Å². The number of alkyl halides is 1. The third-order valence-corrected chi connectivity index (χ3v) is 1.96. The number of aryl methyl sites for hydroxylation is 1. The van der Waals surface area contributed by atoms with Gasteiger partial charge in [0.15, 0.2) is 0 Å². The minimum atomic E-state index is -0.616. The maximum atomic E-state index is 12.5. The molecule has 1 radical (unpaired) electrons. The molecule has 0 saturated carbocycles. The van der Waals surface area contributed by atoms with Crippen molar-refractivity contribution in [2.45, 2.75) is 19.3 Å². The highest BCUT2D eigenvalue weighted by molar-refractivity contribution is 6.31. The third-order valence-electron chi connectivity index (χ3n) is 1.69. The average Bonchev–Trinajstić information content (AvgIpc) is 2.31. The zero-order valence-electron chi connectivity index (χ0n) is 7.36. The summed E-state index contributed by atoms with van der Waals surface area (Å²) in [7, 11) is 1.71. The van der Waals surface area contributed by atoms with E-state index >= 15 is 0 Å². The van der Waals surface area contributed by atoms with E-state index in [0.29, 0.717) is 10.7 Å². The molecule has 0 atom stereocenters. The van der Waals surface area contributed by atoms with Crippen molar-refractivity contribution in [3.8, 4) is 0 Å². The van der Waals surface area contributed by atoms with Gasteiger partial charge in [0, 0.05) is 12.5 Å².